The van der Waals surface area contributed by atoms with Gasteiger partial charge in [0.2, 0.25) is 5.91 Å². The maximum Gasteiger partial charge on any atom is 0.223 e. The summed E-state index contributed by atoms with van der Waals surface area (Å²) in [5.74, 6) is 1.96. The molecule has 4 rings (SSSR count). The summed E-state index contributed by atoms with van der Waals surface area (Å²) in [6.07, 6.45) is 5.50. The van der Waals surface area contributed by atoms with Crippen molar-refractivity contribution in [2.45, 2.75) is 32.6 Å². The number of hydrogen-bond donors (Lipinski definition) is 1. The Morgan fingerprint density at radius 3 is 2.52 bits per heavy atom. The van der Waals surface area contributed by atoms with Crippen molar-refractivity contribution in [1.82, 2.24) is 15.3 Å². The Morgan fingerprint density at radius 1 is 1.03 bits per heavy atom. The summed E-state index contributed by atoms with van der Waals surface area (Å²) in [5, 5.41) is 3.13. The number of nitrogens with zero attached hydrogens (tertiary/aromatic N) is 3. The van der Waals surface area contributed by atoms with E-state index in [2.05, 4.69) is 70.7 Å². The molecule has 2 aromatic carbocycles. The predicted molar refractivity (Wildman–Crippen MR) is 125 cm³/mol. The van der Waals surface area contributed by atoms with E-state index in [9.17, 15) is 4.79 Å². The summed E-state index contributed by atoms with van der Waals surface area (Å²) in [5.41, 5.74) is 3.57. The Labute approximate surface area is 184 Å². The Balaban J connectivity index is 1.25. The number of piperidine rings is 1. The van der Waals surface area contributed by atoms with Gasteiger partial charge in [-0.25, -0.2) is 9.97 Å². The molecule has 3 aromatic rings. The first-order chi connectivity index (χ1) is 15.2. The van der Waals surface area contributed by atoms with Crippen molar-refractivity contribution in [2.75, 3.05) is 24.5 Å². The number of carbonyl (C=O) groups is 1. The molecule has 5 nitrogen and oxygen atoms in total. The first kappa shape index (κ1) is 21.0. The number of aromatic nitrogens is 2. The maximum absolute atomic E-state index is 12.6. The fraction of sp³-hybridized carbons (Fsp3) is 0.346. The standard InChI is InChI=1S/C26H30N4O/c1-20-9-11-22(12-10-20)25-27-17-13-24(29-25)30-18-14-23(15-19-30)26(31)28-16-5-8-21-6-3-2-4-7-21/h2-4,6-7,9-13,17,23H,5,8,14-16,18-19H2,1H3,(H,28,31). The highest BCUT2D eigenvalue weighted by molar-refractivity contribution is 5.79. The molecule has 2 heterocycles. The number of rotatable bonds is 7. The van der Waals surface area contributed by atoms with E-state index >= 15 is 0 Å². The zero-order valence-electron chi connectivity index (χ0n) is 18.1. The zero-order valence-corrected chi connectivity index (χ0v) is 18.1. The molecule has 1 aliphatic heterocycles. The number of amides is 1. The van der Waals surface area contributed by atoms with Gasteiger partial charge in [-0.15, -0.1) is 0 Å². The number of hydrogen-bond acceptors (Lipinski definition) is 4. The van der Waals surface area contributed by atoms with Crippen molar-refractivity contribution in [1.29, 1.82) is 0 Å². The molecule has 1 aliphatic rings. The number of aryl methyl sites for hydroxylation is 2. The van der Waals surface area contributed by atoms with Crippen LogP contribution in [-0.2, 0) is 11.2 Å². The predicted octanol–water partition coefficient (Wildman–Crippen LogP) is 4.42. The minimum atomic E-state index is 0.0892. The minimum Gasteiger partial charge on any atom is -0.356 e. The highest BCUT2D eigenvalue weighted by Gasteiger charge is 2.25. The van der Waals surface area contributed by atoms with Crippen LogP contribution in [0.1, 0.15) is 30.4 Å². The third-order valence-electron chi connectivity index (χ3n) is 5.92. The van der Waals surface area contributed by atoms with Crippen LogP contribution in [0, 0.1) is 12.8 Å². The summed E-state index contributed by atoms with van der Waals surface area (Å²) in [4.78, 5) is 24.0. The molecule has 0 radical (unpaired) electrons. The van der Waals surface area contributed by atoms with Gasteiger partial charge in [0.25, 0.3) is 0 Å². The van der Waals surface area contributed by atoms with Gasteiger partial charge in [-0.2, -0.15) is 0 Å². The van der Waals surface area contributed by atoms with Crippen LogP contribution >= 0.6 is 0 Å². The fourth-order valence-electron chi connectivity index (χ4n) is 4.03. The molecule has 1 N–H and O–H groups in total. The highest BCUT2D eigenvalue weighted by Crippen LogP contribution is 2.24. The molecule has 0 unspecified atom stereocenters. The number of carbonyl (C=O) groups excluding carboxylic acids is 1. The van der Waals surface area contributed by atoms with Crippen molar-refractivity contribution in [3.05, 3.63) is 78.0 Å². The summed E-state index contributed by atoms with van der Waals surface area (Å²) in [7, 11) is 0. The van der Waals surface area contributed by atoms with E-state index < -0.39 is 0 Å². The van der Waals surface area contributed by atoms with E-state index in [0.29, 0.717) is 0 Å². The molecule has 0 atom stereocenters. The lowest BCUT2D eigenvalue weighted by Gasteiger charge is -2.32. The van der Waals surface area contributed by atoms with Gasteiger partial charge in [-0.3, -0.25) is 4.79 Å². The van der Waals surface area contributed by atoms with E-state index in [1.165, 1.54) is 11.1 Å². The van der Waals surface area contributed by atoms with Crippen LogP contribution in [-0.4, -0.2) is 35.5 Å². The third kappa shape index (κ3) is 5.69. The maximum atomic E-state index is 12.6. The normalized spacial score (nSPS) is 14.4. The zero-order chi connectivity index (χ0) is 21.5. The van der Waals surface area contributed by atoms with Gasteiger partial charge in [-0.1, -0.05) is 60.2 Å². The first-order valence-corrected chi connectivity index (χ1v) is 11.2. The van der Waals surface area contributed by atoms with Crippen LogP contribution in [0.4, 0.5) is 5.82 Å². The lowest BCUT2D eigenvalue weighted by molar-refractivity contribution is -0.125. The molecule has 31 heavy (non-hydrogen) atoms. The Kier molecular flexibility index (Phi) is 6.92. The second kappa shape index (κ2) is 10.2. The molecule has 0 saturated carbocycles. The molecule has 0 bridgehead atoms. The second-order valence-electron chi connectivity index (χ2n) is 8.25. The molecule has 160 valence electrons. The van der Waals surface area contributed by atoms with Crippen LogP contribution in [0.3, 0.4) is 0 Å². The van der Waals surface area contributed by atoms with Crippen LogP contribution in [0.15, 0.2) is 66.9 Å². The first-order valence-electron chi connectivity index (χ1n) is 11.2. The van der Waals surface area contributed by atoms with E-state index in [4.69, 9.17) is 4.98 Å². The van der Waals surface area contributed by atoms with Crippen molar-refractivity contribution in [3.8, 4) is 11.4 Å². The highest BCUT2D eigenvalue weighted by atomic mass is 16.1. The topological polar surface area (TPSA) is 58.1 Å². The van der Waals surface area contributed by atoms with Gasteiger partial charge in [0.05, 0.1) is 0 Å². The molecule has 1 aromatic heterocycles. The molecule has 1 saturated heterocycles. The summed E-state index contributed by atoms with van der Waals surface area (Å²) in [6.45, 7) is 4.49. The van der Waals surface area contributed by atoms with Crippen LogP contribution < -0.4 is 10.2 Å². The number of benzene rings is 2. The van der Waals surface area contributed by atoms with Gasteiger partial charge in [0, 0.05) is 37.3 Å². The third-order valence-corrected chi connectivity index (χ3v) is 5.92. The monoisotopic (exact) mass is 414 g/mol. The van der Waals surface area contributed by atoms with Crippen LogP contribution in [0.25, 0.3) is 11.4 Å². The molecular weight excluding hydrogens is 384 g/mol. The second-order valence-corrected chi connectivity index (χ2v) is 8.25. The van der Waals surface area contributed by atoms with Crippen molar-refractivity contribution < 1.29 is 4.79 Å². The smallest absolute Gasteiger partial charge is 0.223 e. The summed E-state index contributed by atoms with van der Waals surface area (Å²) in [6, 6.07) is 20.6. The molecule has 1 fully saturated rings. The number of nitrogens with one attached hydrogen (secondary N) is 1. The Hall–Kier alpha value is -3.21. The lowest BCUT2D eigenvalue weighted by Crippen LogP contribution is -2.41. The molecule has 1 amide bonds. The van der Waals surface area contributed by atoms with Gasteiger partial charge < -0.3 is 10.2 Å². The quantitative estimate of drug-likeness (QED) is 0.582. The molecule has 0 spiro atoms. The largest absolute Gasteiger partial charge is 0.356 e. The molecule has 0 aliphatic carbocycles. The van der Waals surface area contributed by atoms with Crippen LogP contribution in [0.5, 0.6) is 0 Å². The van der Waals surface area contributed by atoms with E-state index in [0.717, 1.165) is 62.5 Å². The molecular formula is C26H30N4O. The fourth-order valence-corrected chi connectivity index (χ4v) is 4.03. The van der Waals surface area contributed by atoms with Crippen molar-refractivity contribution >= 4 is 11.7 Å². The summed E-state index contributed by atoms with van der Waals surface area (Å²) >= 11 is 0. The lowest BCUT2D eigenvalue weighted by atomic mass is 9.96. The van der Waals surface area contributed by atoms with Crippen molar-refractivity contribution in [3.63, 3.8) is 0 Å². The van der Waals surface area contributed by atoms with Crippen LogP contribution in [0.2, 0.25) is 0 Å². The van der Waals surface area contributed by atoms with E-state index in [1.807, 2.05) is 18.3 Å². The Bertz CT molecular complexity index is 980. The van der Waals surface area contributed by atoms with Crippen molar-refractivity contribution in [2.24, 2.45) is 5.92 Å². The number of anilines is 1. The van der Waals surface area contributed by atoms with Gasteiger partial charge in [-0.05, 0) is 44.2 Å². The van der Waals surface area contributed by atoms with E-state index in [-0.39, 0.29) is 11.8 Å². The SMILES string of the molecule is Cc1ccc(-c2nccc(N3CCC(C(=O)NCCCc4ccccc4)CC3)n2)cc1. The van der Waals surface area contributed by atoms with Gasteiger partial charge in [0.15, 0.2) is 5.82 Å². The van der Waals surface area contributed by atoms with E-state index in [1.54, 1.807) is 0 Å². The average Bonchev–Trinajstić information content (AvgIpc) is 2.83. The van der Waals surface area contributed by atoms with Gasteiger partial charge in [0.1, 0.15) is 5.82 Å². The summed E-state index contributed by atoms with van der Waals surface area (Å²) < 4.78 is 0. The minimum absolute atomic E-state index is 0.0892. The average molecular weight is 415 g/mol. The Morgan fingerprint density at radius 2 is 1.77 bits per heavy atom. The molecule has 5 heteroatoms. The van der Waals surface area contributed by atoms with Gasteiger partial charge >= 0.3 is 0 Å².